The van der Waals surface area contributed by atoms with Gasteiger partial charge in [0.25, 0.3) is 5.56 Å². The molecular formula is C21H18N4O4S. The van der Waals surface area contributed by atoms with Gasteiger partial charge >= 0.3 is 5.97 Å². The van der Waals surface area contributed by atoms with E-state index in [2.05, 4.69) is 15.3 Å². The maximum absolute atomic E-state index is 13.0. The lowest BCUT2D eigenvalue weighted by molar-refractivity contribution is -0.116. The number of nitrogens with one attached hydrogen (secondary N) is 1. The van der Waals surface area contributed by atoms with Gasteiger partial charge in [-0.2, -0.15) is 0 Å². The highest BCUT2D eigenvalue weighted by atomic mass is 32.1. The molecule has 0 unspecified atom stereocenters. The molecule has 0 radical (unpaired) electrons. The van der Waals surface area contributed by atoms with Crippen molar-refractivity contribution in [3.05, 3.63) is 63.8 Å². The summed E-state index contributed by atoms with van der Waals surface area (Å²) in [5.74, 6) is -1.02. The van der Waals surface area contributed by atoms with Gasteiger partial charge in [-0.1, -0.05) is 12.1 Å². The SMILES string of the molecule is COC(=O)c1ccccc1NC(=O)Cn1cnc2c(sc3nc(C)cc(C)c32)c1=O. The van der Waals surface area contributed by atoms with Gasteiger partial charge in [0.2, 0.25) is 5.91 Å². The molecule has 4 aromatic rings. The first-order valence-corrected chi connectivity index (χ1v) is 9.93. The standard InChI is InChI=1S/C21H18N4O4S/c1-11-8-12(2)23-19-16(11)17-18(30-19)20(27)25(10-22-17)9-15(26)24-14-7-5-4-6-13(14)21(28)29-3/h4-8,10H,9H2,1-3H3,(H,24,26). The summed E-state index contributed by atoms with van der Waals surface area (Å²) in [6.07, 6.45) is 1.36. The lowest BCUT2D eigenvalue weighted by Gasteiger charge is -2.10. The zero-order valence-electron chi connectivity index (χ0n) is 16.6. The van der Waals surface area contributed by atoms with E-state index >= 15 is 0 Å². The number of anilines is 1. The van der Waals surface area contributed by atoms with Crippen LogP contribution in [0.15, 0.2) is 41.5 Å². The van der Waals surface area contributed by atoms with Crippen molar-refractivity contribution in [2.75, 3.05) is 12.4 Å². The Morgan fingerprint density at radius 1 is 1.23 bits per heavy atom. The third kappa shape index (κ3) is 3.43. The smallest absolute Gasteiger partial charge is 0.339 e. The van der Waals surface area contributed by atoms with E-state index in [4.69, 9.17) is 4.74 Å². The van der Waals surface area contributed by atoms with Crippen molar-refractivity contribution >= 4 is 49.3 Å². The molecule has 3 heterocycles. The molecule has 0 aliphatic rings. The number of aromatic nitrogens is 3. The molecule has 1 aromatic carbocycles. The minimum atomic E-state index is -0.561. The molecule has 1 amide bonds. The highest BCUT2D eigenvalue weighted by molar-refractivity contribution is 7.25. The van der Waals surface area contributed by atoms with Crippen LogP contribution < -0.4 is 10.9 Å². The van der Waals surface area contributed by atoms with Crippen molar-refractivity contribution < 1.29 is 14.3 Å². The van der Waals surface area contributed by atoms with Crippen LogP contribution in [0.3, 0.4) is 0 Å². The molecule has 9 heteroatoms. The van der Waals surface area contributed by atoms with Crippen LogP contribution in [0, 0.1) is 13.8 Å². The fourth-order valence-electron chi connectivity index (χ4n) is 3.34. The first-order valence-electron chi connectivity index (χ1n) is 9.12. The quantitative estimate of drug-likeness (QED) is 0.507. The van der Waals surface area contributed by atoms with Crippen molar-refractivity contribution in [3.8, 4) is 0 Å². The van der Waals surface area contributed by atoms with E-state index < -0.39 is 11.9 Å². The molecule has 0 saturated heterocycles. The van der Waals surface area contributed by atoms with Crippen molar-refractivity contribution in [1.29, 1.82) is 0 Å². The predicted molar refractivity (Wildman–Crippen MR) is 115 cm³/mol. The Morgan fingerprint density at radius 3 is 2.77 bits per heavy atom. The van der Waals surface area contributed by atoms with Crippen LogP contribution in [0.5, 0.6) is 0 Å². The second-order valence-electron chi connectivity index (χ2n) is 6.80. The lowest BCUT2D eigenvalue weighted by atomic mass is 10.1. The Bertz CT molecular complexity index is 1370. The number of rotatable bonds is 4. The summed E-state index contributed by atoms with van der Waals surface area (Å²) in [7, 11) is 1.27. The summed E-state index contributed by atoms with van der Waals surface area (Å²) in [6, 6.07) is 8.46. The van der Waals surface area contributed by atoms with Gasteiger partial charge < -0.3 is 10.1 Å². The zero-order valence-corrected chi connectivity index (χ0v) is 17.4. The normalized spacial score (nSPS) is 11.0. The van der Waals surface area contributed by atoms with E-state index in [0.29, 0.717) is 15.9 Å². The first kappa shape index (κ1) is 19.7. The number of carbonyl (C=O) groups is 2. The molecule has 152 valence electrons. The van der Waals surface area contributed by atoms with E-state index in [1.807, 2.05) is 19.9 Å². The second kappa shape index (κ2) is 7.68. The van der Waals surface area contributed by atoms with Crippen molar-refractivity contribution in [3.63, 3.8) is 0 Å². The number of aryl methyl sites for hydroxylation is 2. The first-order chi connectivity index (χ1) is 14.4. The van der Waals surface area contributed by atoms with Crippen molar-refractivity contribution in [2.24, 2.45) is 0 Å². The highest BCUT2D eigenvalue weighted by Crippen LogP contribution is 2.31. The number of fused-ring (bicyclic) bond motifs is 3. The van der Waals surface area contributed by atoms with Crippen LogP contribution in [0.4, 0.5) is 5.69 Å². The lowest BCUT2D eigenvalue weighted by Crippen LogP contribution is -2.28. The molecule has 0 saturated carbocycles. The van der Waals surface area contributed by atoms with Gasteiger partial charge in [0, 0.05) is 11.1 Å². The van der Waals surface area contributed by atoms with E-state index in [9.17, 15) is 14.4 Å². The molecule has 0 fully saturated rings. The fraction of sp³-hybridized carbons (Fsp3) is 0.190. The van der Waals surface area contributed by atoms with Crippen LogP contribution in [0.1, 0.15) is 21.6 Å². The van der Waals surface area contributed by atoms with Crippen LogP contribution in [-0.2, 0) is 16.1 Å². The van der Waals surface area contributed by atoms with Gasteiger partial charge in [-0.25, -0.2) is 14.8 Å². The zero-order chi connectivity index (χ0) is 21.4. The van der Waals surface area contributed by atoms with Crippen molar-refractivity contribution in [1.82, 2.24) is 14.5 Å². The summed E-state index contributed by atoms with van der Waals surface area (Å²) in [4.78, 5) is 47.0. The fourth-order valence-corrected chi connectivity index (χ4v) is 4.54. The average Bonchev–Trinajstić information content (AvgIpc) is 3.09. The second-order valence-corrected chi connectivity index (χ2v) is 7.80. The number of ether oxygens (including phenoxy) is 1. The molecule has 1 N–H and O–H groups in total. The molecule has 30 heavy (non-hydrogen) atoms. The highest BCUT2D eigenvalue weighted by Gasteiger charge is 2.17. The molecule has 0 bridgehead atoms. The molecule has 0 atom stereocenters. The molecular weight excluding hydrogens is 404 g/mol. The summed E-state index contributed by atoms with van der Waals surface area (Å²) in [6.45, 7) is 3.62. The van der Waals surface area contributed by atoms with E-state index in [-0.39, 0.29) is 17.7 Å². The topological polar surface area (TPSA) is 103 Å². The number of carbonyl (C=O) groups excluding carboxylic acids is 2. The molecule has 0 spiro atoms. The van der Waals surface area contributed by atoms with Crippen LogP contribution in [0.25, 0.3) is 20.4 Å². The number of esters is 1. The van der Waals surface area contributed by atoms with E-state index in [1.165, 1.54) is 29.3 Å². The number of hydrogen-bond acceptors (Lipinski definition) is 7. The minimum absolute atomic E-state index is 0.232. The summed E-state index contributed by atoms with van der Waals surface area (Å²) < 4.78 is 6.43. The van der Waals surface area contributed by atoms with E-state index in [0.717, 1.165) is 21.5 Å². The van der Waals surface area contributed by atoms with Gasteiger partial charge in [0.1, 0.15) is 16.1 Å². The van der Waals surface area contributed by atoms with Gasteiger partial charge in [-0.15, -0.1) is 11.3 Å². The molecule has 3 aromatic heterocycles. The van der Waals surface area contributed by atoms with Crippen LogP contribution in [0.2, 0.25) is 0 Å². The number of hydrogen-bond donors (Lipinski definition) is 1. The van der Waals surface area contributed by atoms with Gasteiger partial charge in [0.15, 0.2) is 0 Å². The Kier molecular flexibility index (Phi) is 5.04. The number of methoxy groups -OCH3 is 1. The van der Waals surface area contributed by atoms with Gasteiger partial charge in [-0.05, 0) is 37.6 Å². The molecule has 4 rings (SSSR count). The average molecular weight is 422 g/mol. The Balaban J connectivity index is 1.67. The molecule has 8 nitrogen and oxygen atoms in total. The Hall–Kier alpha value is -3.59. The van der Waals surface area contributed by atoms with Crippen LogP contribution >= 0.6 is 11.3 Å². The minimum Gasteiger partial charge on any atom is -0.465 e. The van der Waals surface area contributed by atoms with Gasteiger partial charge in [0.05, 0.1) is 30.2 Å². The molecule has 0 aliphatic carbocycles. The monoisotopic (exact) mass is 422 g/mol. The summed E-state index contributed by atoms with van der Waals surface area (Å²) in [5.41, 5.74) is 2.71. The van der Waals surface area contributed by atoms with Crippen molar-refractivity contribution in [2.45, 2.75) is 20.4 Å². The maximum Gasteiger partial charge on any atom is 0.339 e. The third-order valence-electron chi connectivity index (χ3n) is 4.66. The largest absolute Gasteiger partial charge is 0.465 e. The third-order valence-corrected chi connectivity index (χ3v) is 5.72. The number of benzene rings is 1. The number of amides is 1. The number of pyridine rings is 1. The summed E-state index contributed by atoms with van der Waals surface area (Å²) >= 11 is 1.27. The Labute approximate surface area is 175 Å². The Morgan fingerprint density at radius 2 is 2.00 bits per heavy atom. The number of para-hydroxylation sites is 1. The predicted octanol–water partition coefficient (Wildman–Crippen LogP) is 3.05. The van der Waals surface area contributed by atoms with E-state index in [1.54, 1.807) is 24.3 Å². The molecule has 0 aliphatic heterocycles. The number of thiophene rings is 1. The number of nitrogens with zero attached hydrogens (tertiary/aromatic N) is 3. The van der Waals surface area contributed by atoms with Gasteiger partial charge in [-0.3, -0.25) is 14.2 Å². The summed E-state index contributed by atoms with van der Waals surface area (Å²) in [5, 5.41) is 3.52. The van der Waals surface area contributed by atoms with Crippen LogP contribution in [-0.4, -0.2) is 33.5 Å². The maximum atomic E-state index is 13.0.